The normalized spacial score (nSPS) is 14.1. The number of carboxylic acids is 1. The zero-order valence-corrected chi connectivity index (χ0v) is 23.1. The van der Waals surface area contributed by atoms with Crippen molar-refractivity contribution in [2.24, 2.45) is 0 Å². The maximum absolute atomic E-state index is 14.0. The lowest BCUT2D eigenvalue weighted by Crippen LogP contribution is -2.31. The molecule has 0 spiro atoms. The summed E-state index contributed by atoms with van der Waals surface area (Å²) in [4.78, 5) is 26.1. The van der Waals surface area contributed by atoms with Crippen LogP contribution in [0.2, 0.25) is 0 Å². The van der Waals surface area contributed by atoms with Gasteiger partial charge < -0.3 is 15.3 Å². The number of alkyl halides is 3. The van der Waals surface area contributed by atoms with Gasteiger partial charge in [-0.15, -0.1) is 0 Å². The molecule has 1 atom stereocenters. The van der Waals surface area contributed by atoms with Gasteiger partial charge in [0.05, 0.1) is 31.0 Å². The largest absolute Gasteiger partial charge is 0.478 e. The highest BCUT2D eigenvalue weighted by atomic mass is 32.2. The Morgan fingerprint density at radius 1 is 1.12 bits per heavy atom. The van der Waals surface area contributed by atoms with Crippen LogP contribution in [0.4, 0.5) is 19.0 Å². The standard InChI is InChI=1S/C27H29F3N4O6S/c1-17(20-8-10-21(11-9-20)26(36)37)31-24(35)22-23(27(28,29)30)32-34-13-12-33(25(22)34)16-19-6-3-5-18(15-19)7-4-14-40-41(2,38)39/h3,5-6,8-11,15,17H,4,7,12-14,16H2,1-2H3,(H,31,35)(H,36,37)/t17-/m0/s1. The summed E-state index contributed by atoms with van der Waals surface area (Å²) in [7, 11) is -3.53. The molecule has 1 amide bonds. The van der Waals surface area contributed by atoms with Crippen LogP contribution >= 0.6 is 0 Å². The number of hydrogen-bond acceptors (Lipinski definition) is 7. The Bertz CT molecular complexity index is 1540. The number of benzene rings is 2. The molecular formula is C27H29F3N4O6S. The van der Waals surface area contributed by atoms with E-state index in [0.29, 0.717) is 24.9 Å². The molecule has 41 heavy (non-hydrogen) atoms. The molecule has 2 aromatic carbocycles. The van der Waals surface area contributed by atoms with Gasteiger partial charge in [0.15, 0.2) is 5.69 Å². The Kier molecular flexibility index (Phi) is 8.73. The van der Waals surface area contributed by atoms with Gasteiger partial charge in [0, 0.05) is 13.1 Å². The van der Waals surface area contributed by atoms with Crippen LogP contribution in [0.3, 0.4) is 0 Å². The Hall–Kier alpha value is -3.91. The lowest BCUT2D eigenvalue weighted by Gasteiger charge is -2.21. The van der Waals surface area contributed by atoms with Gasteiger partial charge in [0.2, 0.25) is 0 Å². The fourth-order valence-electron chi connectivity index (χ4n) is 4.67. The zero-order valence-electron chi connectivity index (χ0n) is 22.3. The third kappa shape index (κ3) is 7.44. The first-order valence-corrected chi connectivity index (χ1v) is 14.5. The van der Waals surface area contributed by atoms with Crippen molar-refractivity contribution in [3.05, 3.63) is 82.0 Å². The smallest absolute Gasteiger partial charge is 0.436 e. The number of aromatic carboxylic acids is 1. The van der Waals surface area contributed by atoms with E-state index in [1.54, 1.807) is 11.8 Å². The average molecular weight is 595 g/mol. The van der Waals surface area contributed by atoms with Crippen molar-refractivity contribution in [3.63, 3.8) is 0 Å². The van der Waals surface area contributed by atoms with E-state index in [-0.39, 0.29) is 31.1 Å². The number of rotatable bonds is 11. The fraction of sp³-hybridized carbons (Fsp3) is 0.370. The van der Waals surface area contributed by atoms with Crippen LogP contribution < -0.4 is 10.2 Å². The highest BCUT2D eigenvalue weighted by molar-refractivity contribution is 7.85. The molecule has 0 saturated carbocycles. The number of carboxylic acid groups (broad SMARTS) is 1. The van der Waals surface area contributed by atoms with E-state index < -0.39 is 45.5 Å². The van der Waals surface area contributed by atoms with E-state index >= 15 is 0 Å². The Labute approximate surface area is 234 Å². The van der Waals surface area contributed by atoms with Gasteiger partial charge in [-0.05, 0) is 48.6 Å². The third-order valence-corrected chi connectivity index (χ3v) is 7.17. The summed E-state index contributed by atoms with van der Waals surface area (Å²) >= 11 is 0. The molecule has 220 valence electrons. The van der Waals surface area contributed by atoms with E-state index in [0.717, 1.165) is 17.4 Å². The topological polar surface area (TPSA) is 131 Å². The summed E-state index contributed by atoms with van der Waals surface area (Å²) < 4.78 is 70.2. The minimum Gasteiger partial charge on any atom is -0.478 e. The lowest BCUT2D eigenvalue weighted by atomic mass is 10.0. The maximum Gasteiger partial charge on any atom is 0.436 e. The van der Waals surface area contributed by atoms with Gasteiger partial charge >= 0.3 is 12.1 Å². The molecule has 0 unspecified atom stereocenters. The van der Waals surface area contributed by atoms with Crippen LogP contribution in [0.5, 0.6) is 0 Å². The van der Waals surface area contributed by atoms with Crippen LogP contribution in [-0.4, -0.2) is 54.6 Å². The summed E-state index contributed by atoms with van der Waals surface area (Å²) in [6.45, 7) is 2.37. The molecule has 2 N–H and O–H groups in total. The predicted octanol–water partition coefficient (Wildman–Crippen LogP) is 4.02. The summed E-state index contributed by atoms with van der Waals surface area (Å²) in [6, 6.07) is 12.4. The van der Waals surface area contributed by atoms with Crippen molar-refractivity contribution in [1.82, 2.24) is 15.1 Å². The van der Waals surface area contributed by atoms with E-state index in [1.165, 1.54) is 28.9 Å². The number of nitrogens with one attached hydrogen (secondary N) is 1. The number of halogens is 3. The van der Waals surface area contributed by atoms with Crippen LogP contribution in [0.1, 0.15) is 62.5 Å². The van der Waals surface area contributed by atoms with Crippen LogP contribution in [0.15, 0.2) is 48.5 Å². The molecular weight excluding hydrogens is 565 g/mol. The summed E-state index contributed by atoms with van der Waals surface area (Å²) in [5.74, 6) is -2.00. The van der Waals surface area contributed by atoms with Crippen molar-refractivity contribution in [1.29, 1.82) is 0 Å². The van der Waals surface area contributed by atoms with Crippen molar-refractivity contribution >= 4 is 27.8 Å². The Morgan fingerprint density at radius 2 is 1.80 bits per heavy atom. The molecule has 0 bridgehead atoms. The van der Waals surface area contributed by atoms with Crippen LogP contribution in [0.25, 0.3) is 0 Å². The first-order chi connectivity index (χ1) is 19.2. The van der Waals surface area contributed by atoms with Gasteiger partial charge in [-0.3, -0.25) is 8.98 Å². The number of anilines is 1. The second-order valence-corrected chi connectivity index (χ2v) is 11.4. The number of nitrogens with zero attached hydrogens (tertiary/aromatic N) is 3. The number of carbonyl (C=O) groups excluding carboxylic acids is 1. The minimum absolute atomic E-state index is 0.0369. The van der Waals surface area contributed by atoms with E-state index in [2.05, 4.69) is 10.4 Å². The van der Waals surface area contributed by atoms with Crippen LogP contribution in [0, 0.1) is 0 Å². The summed E-state index contributed by atoms with van der Waals surface area (Å²) in [5, 5.41) is 15.4. The molecule has 1 aliphatic heterocycles. The monoisotopic (exact) mass is 594 g/mol. The van der Waals surface area contributed by atoms with E-state index in [4.69, 9.17) is 9.29 Å². The highest BCUT2D eigenvalue weighted by Gasteiger charge is 2.44. The third-order valence-electron chi connectivity index (χ3n) is 6.58. The van der Waals surface area contributed by atoms with Gasteiger partial charge in [-0.2, -0.15) is 26.7 Å². The number of fused-ring (bicyclic) bond motifs is 1. The lowest BCUT2D eigenvalue weighted by molar-refractivity contribution is -0.141. The summed E-state index contributed by atoms with van der Waals surface area (Å²) in [5.41, 5.74) is 0.428. The highest BCUT2D eigenvalue weighted by Crippen LogP contribution is 2.38. The molecule has 10 nitrogen and oxygen atoms in total. The molecule has 0 radical (unpaired) electrons. The minimum atomic E-state index is -4.87. The van der Waals surface area contributed by atoms with E-state index in [9.17, 15) is 31.2 Å². The number of carbonyl (C=O) groups is 2. The molecule has 1 aromatic heterocycles. The predicted molar refractivity (Wildman–Crippen MR) is 143 cm³/mol. The van der Waals surface area contributed by atoms with Gasteiger partial charge in [-0.25, -0.2) is 9.48 Å². The molecule has 14 heteroatoms. The maximum atomic E-state index is 14.0. The first-order valence-electron chi connectivity index (χ1n) is 12.7. The number of amides is 1. The van der Waals surface area contributed by atoms with Crippen molar-refractivity contribution in [2.45, 2.75) is 45.1 Å². The number of aryl methyl sites for hydroxylation is 1. The molecule has 1 aliphatic rings. The van der Waals surface area contributed by atoms with Crippen LogP contribution in [-0.2, 0) is 40.0 Å². The van der Waals surface area contributed by atoms with Crippen molar-refractivity contribution in [2.75, 3.05) is 24.3 Å². The SMILES string of the molecule is C[C@H](NC(=O)c1c(C(F)(F)F)nn2c1N(Cc1cccc(CCCOS(C)(=O)=O)c1)CC2)c1ccc(C(=O)O)cc1. The van der Waals surface area contributed by atoms with Gasteiger partial charge in [0.25, 0.3) is 16.0 Å². The first kappa shape index (κ1) is 30.1. The zero-order chi connectivity index (χ0) is 29.9. The molecule has 0 aliphatic carbocycles. The van der Waals surface area contributed by atoms with Crippen molar-refractivity contribution < 1.29 is 40.5 Å². The van der Waals surface area contributed by atoms with Crippen molar-refractivity contribution in [3.8, 4) is 0 Å². The number of hydrogen-bond donors (Lipinski definition) is 2. The Balaban J connectivity index is 1.54. The van der Waals surface area contributed by atoms with Gasteiger partial charge in [0.1, 0.15) is 11.4 Å². The molecule has 0 fully saturated rings. The van der Waals surface area contributed by atoms with E-state index in [1.807, 2.05) is 24.3 Å². The average Bonchev–Trinajstić information content (AvgIpc) is 3.46. The number of aromatic nitrogens is 2. The fourth-order valence-corrected chi connectivity index (χ4v) is 5.09. The molecule has 3 aromatic rings. The second kappa shape index (κ2) is 11.9. The van der Waals surface area contributed by atoms with Gasteiger partial charge in [-0.1, -0.05) is 36.4 Å². The second-order valence-electron chi connectivity index (χ2n) is 9.76. The Morgan fingerprint density at radius 3 is 2.44 bits per heavy atom. The molecule has 2 heterocycles. The quantitative estimate of drug-likeness (QED) is 0.252. The summed E-state index contributed by atoms with van der Waals surface area (Å²) in [6.07, 6.45) is -2.88. The molecule has 4 rings (SSSR count). The molecule has 0 saturated heterocycles.